The van der Waals surface area contributed by atoms with Gasteiger partial charge in [-0.05, 0) is 76.7 Å². The Morgan fingerprint density at radius 3 is 2.40 bits per heavy atom. The zero-order chi connectivity index (χ0) is 33.3. The normalized spacial score (nSPS) is 38.7. The Bertz CT molecular complexity index is 1380. The summed E-state index contributed by atoms with van der Waals surface area (Å²) >= 11 is 0.980. The molecule has 5 rings (SSSR count). The fourth-order valence-electron chi connectivity index (χ4n) is 8.83. The number of benzene rings is 1. The van der Waals surface area contributed by atoms with Crippen molar-refractivity contribution in [3.63, 3.8) is 0 Å². The molecule has 1 aromatic rings. The molecule has 1 N–H and O–H groups in total. The van der Waals surface area contributed by atoms with Crippen LogP contribution in [0.25, 0.3) is 0 Å². The van der Waals surface area contributed by atoms with Crippen LogP contribution in [-0.4, -0.2) is 59.4 Å². The average Bonchev–Trinajstić information content (AvgIpc) is 3.44. The van der Waals surface area contributed by atoms with E-state index in [9.17, 15) is 19.5 Å². The largest absolute Gasteiger partial charge is 0.498 e. The summed E-state index contributed by atoms with van der Waals surface area (Å²) < 4.78 is 34.4. The number of ketones is 1. The molecular formula is C35H48BFO7S. The SMILES string of the molecule is C=C[C@]1(C)C[C@@H](OC(=O)CSc2ccc(C=O)c(B3OC(C)(C)C(C)(C)O3)c2F)[C@]2(C)[C@H](C)CC[C@]3(CCC(=O)[C@H]32)[C@@H](C)[C@@H]1O. The summed E-state index contributed by atoms with van der Waals surface area (Å²) in [6.07, 6.45) is 4.17. The molecule has 246 valence electrons. The predicted molar refractivity (Wildman–Crippen MR) is 173 cm³/mol. The number of ether oxygens (including phenoxy) is 1. The van der Waals surface area contributed by atoms with Crippen LogP contribution in [-0.2, 0) is 23.6 Å². The maximum absolute atomic E-state index is 16.0. The lowest BCUT2D eigenvalue weighted by Gasteiger charge is -2.61. The molecule has 3 aliphatic carbocycles. The molecule has 7 nitrogen and oxygen atoms in total. The lowest BCUT2D eigenvalue weighted by atomic mass is 9.44. The van der Waals surface area contributed by atoms with Gasteiger partial charge in [0.05, 0.1) is 23.1 Å². The first-order valence-corrected chi connectivity index (χ1v) is 17.2. The maximum Gasteiger partial charge on any atom is 0.498 e. The molecule has 4 aliphatic rings. The second kappa shape index (κ2) is 11.6. The van der Waals surface area contributed by atoms with Crippen LogP contribution >= 0.6 is 11.8 Å². The first kappa shape index (κ1) is 34.3. The summed E-state index contributed by atoms with van der Waals surface area (Å²) in [7, 11) is -1.08. The van der Waals surface area contributed by atoms with Crippen LogP contribution in [0.4, 0.5) is 4.39 Å². The highest BCUT2D eigenvalue weighted by molar-refractivity contribution is 8.00. The van der Waals surface area contributed by atoms with E-state index in [0.29, 0.717) is 19.1 Å². The third-order valence-electron chi connectivity index (χ3n) is 12.7. The number of hydrogen-bond acceptors (Lipinski definition) is 8. The fourth-order valence-corrected chi connectivity index (χ4v) is 9.58. The Kier molecular flexibility index (Phi) is 8.85. The second-order valence-electron chi connectivity index (χ2n) is 15.4. The van der Waals surface area contributed by atoms with Crippen LogP contribution in [0.2, 0.25) is 0 Å². The Balaban J connectivity index is 1.42. The standard InChI is InChI=1S/C35H48BFO7S/c1-10-33(8)17-25(34(9)20(2)13-15-35(21(3)30(33)41)16-14-23(39)29(34)35)42-26(40)19-45-24-12-11-22(18-38)27(28(24)37)36-43-31(4,5)32(6,7)44-36/h10-12,18,20-21,25,29-30,41H,1,13-17,19H2,2-9H3/t20-,21+,25-,29+,30+,33-,34+,35+/m1/s1. The Labute approximate surface area is 271 Å². The van der Waals surface area contributed by atoms with Gasteiger partial charge in [-0.25, -0.2) is 4.39 Å². The number of esters is 1. The van der Waals surface area contributed by atoms with Crippen LogP contribution in [0.3, 0.4) is 0 Å². The van der Waals surface area contributed by atoms with E-state index in [4.69, 9.17) is 14.0 Å². The van der Waals surface area contributed by atoms with E-state index in [-0.39, 0.29) is 50.6 Å². The third-order valence-corrected chi connectivity index (χ3v) is 13.7. The van der Waals surface area contributed by atoms with Crippen molar-refractivity contribution in [3.8, 4) is 0 Å². The highest BCUT2D eigenvalue weighted by atomic mass is 32.2. The van der Waals surface area contributed by atoms with Crippen LogP contribution in [0.5, 0.6) is 0 Å². The van der Waals surface area contributed by atoms with Crippen molar-refractivity contribution in [1.82, 2.24) is 0 Å². The highest BCUT2D eigenvalue weighted by Crippen LogP contribution is 2.68. The Morgan fingerprint density at radius 1 is 1.16 bits per heavy atom. The lowest BCUT2D eigenvalue weighted by molar-refractivity contribution is -0.205. The molecule has 1 aromatic carbocycles. The number of aliphatic hydroxyl groups is 1. The Hall–Kier alpha value is -2.01. The van der Waals surface area contributed by atoms with Gasteiger partial charge in [0.1, 0.15) is 24.0 Å². The third kappa shape index (κ3) is 5.26. The number of aliphatic hydroxyl groups excluding tert-OH is 1. The number of hydrogen-bond donors (Lipinski definition) is 1. The molecule has 0 radical (unpaired) electrons. The smallest absolute Gasteiger partial charge is 0.461 e. The molecule has 0 amide bonds. The van der Waals surface area contributed by atoms with E-state index in [2.05, 4.69) is 27.4 Å². The molecule has 1 heterocycles. The molecule has 0 unspecified atom stereocenters. The summed E-state index contributed by atoms with van der Waals surface area (Å²) in [4.78, 5) is 39.3. The zero-order valence-electron chi connectivity index (χ0n) is 27.9. The highest BCUT2D eigenvalue weighted by Gasteiger charge is 2.68. The van der Waals surface area contributed by atoms with Crippen molar-refractivity contribution in [2.24, 2.45) is 34.0 Å². The van der Waals surface area contributed by atoms with Gasteiger partial charge in [0.15, 0.2) is 0 Å². The van der Waals surface area contributed by atoms with Crippen LogP contribution < -0.4 is 5.46 Å². The molecule has 4 fully saturated rings. The van der Waals surface area contributed by atoms with Gasteiger partial charge < -0.3 is 19.2 Å². The van der Waals surface area contributed by atoms with E-state index in [0.717, 1.165) is 31.0 Å². The second-order valence-corrected chi connectivity index (χ2v) is 16.5. The van der Waals surface area contributed by atoms with Gasteiger partial charge in [-0.3, -0.25) is 14.4 Å². The molecule has 3 saturated carbocycles. The molecule has 45 heavy (non-hydrogen) atoms. The van der Waals surface area contributed by atoms with E-state index in [1.807, 2.05) is 34.6 Å². The molecule has 8 atom stereocenters. The molecule has 2 bridgehead atoms. The van der Waals surface area contributed by atoms with Crippen LogP contribution in [0.1, 0.15) is 97.9 Å². The van der Waals surface area contributed by atoms with Gasteiger partial charge in [0.2, 0.25) is 0 Å². The molecule has 1 aliphatic heterocycles. The van der Waals surface area contributed by atoms with Gasteiger partial charge in [-0.2, -0.15) is 0 Å². The molecule has 0 spiro atoms. The van der Waals surface area contributed by atoms with Gasteiger partial charge in [-0.15, -0.1) is 18.3 Å². The predicted octanol–water partition coefficient (Wildman–Crippen LogP) is 5.94. The number of thioether (sulfide) groups is 1. The first-order valence-electron chi connectivity index (χ1n) is 16.2. The van der Waals surface area contributed by atoms with Gasteiger partial charge >= 0.3 is 13.1 Å². The fraction of sp³-hybridized carbons (Fsp3) is 0.686. The summed E-state index contributed by atoms with van der Waals surface area (Å²) in [5.41, 5.74) is -3.08. The minimum atomic E-state index is -1.08. The van der Waals surface area contributed by atoms with Crippen molar-refractivity contribution in [2.45, 2.75) is 116 Å². The van der Waals surface area contributed by atoms with Crippen molar-refractivity contribution in [1.29, 1.82) is 0 Å². The Morgan fingerprint density at radius 2 is 1.80 bits per heavy atom. The van der Waals surface area contributed by atoms with Crippen molar-refractivity contribution >= 4 is 42.4 Å². The average molecular weight is 643 g/mol. The van der Waals surface area contributed by atoms with Crippen LogP contribution in [0.15, 0.2) is 29.7 Å². The van der Waals surface area contributed by atoms with Gasteiger partial charge in [0, 0.05) is 39.1 Å². The summed E-state index contributed by atoms with van der Waals surface area (Å²) in [5, 5.41) is 11.7. The summed E-state index contributed by atoms with van der Waals surface area (Å²) in [5.74, 6) is -1.54. The first-order chi connectivity index (χ1) is 20.9. The van der Waals surface area contributed by atoms with E-state index >= 15 is 4.39 Å². The number of carbonyl (C=O) groups is 3. The monoisotopic (exact) mass is 642 g/mol. The van der Waals surface area contributed by atoms with Crippen molar-refractivity contribution < 1.29 is 37.9 Å². The summed E-state index contributed by atoms with van der Waals surface area (Å²) in [6.45, 7) is 19.7. The van der Waals surface area contributed by atoms with Crippen LogP contribution in [0, 0.1) is 39.8 Å². The zero-order valence-corrected chi connectivity index (χ0v) is 28.7. The quantitative estimate of drug-likeness (QED) is 0.128. The number of rotatable bonds is 7. The molecule has 0 aromatic heterocycles. The number of Topliss-reactive ketones (excluding diaryl/α,β-unsaturated/α-hetero) is 1. The minimum absolute atomic E-state index is 0.00604. The van der Waals surface area contributed by atoms with Gasteiger partial charge in [0.25, 0.3) is 0 Å². The number of halogens is 1. The van der Waals surface area contributed by atoms with Crippen molar-refractivity contribution in [2.75, 3.05) is 5.75 Å². The molecule has 1 saturated heterocycles. The van der Waals surface area contributed by atoms with E-state index in [1.165, 1.54) is 12.1 Å². The molecule has 10 heteroatoms. The van der Waals surface area contributed by atoms with E-state index < -0.39 is 53.1 Å². The number of aldehydes is 1. The minimum Gasteiger partial charge on any atom is -0.461 e. The van der Waals surface area contributed by atoms with Crippen molar-refractivity contribution in [3.05, 3.63) is 36.2 Å². The molecular weight excluding hydrogens is 594 g/mol. The topological polar surface area (TPSA) is 99.1 Å². The number of carbonyl (C=O) groups excluding carboxylic acids is 3. The lowest BCUT2D eigenvalue weighted by Crippen LogP contribution is -2.63. The van der Waals surface area contributed by atoms with E-state index in [1.54, 1.807) is 6.08 Å². The van der Waals surface area contributed by atoms with Gasteiger partial charge in [-0.1, -0.05) is 39.8 Å². The summed E-state index contributed by atoms with van der Waals surface area (Å²) in [6, 6.07) is 2.98. The maximum atomic E-state index is 16.0.